The van der Waals surface area contributed by atoms with Crippen LogP contribution in [0.5, 0.6) is 5.75 Å². The molecule has 0 bridgehead atoms. The highest BCUT2D eigenvalue weighted by Gasteiger charge is 2.34. The smallest absolute Gasteiger partial charge is 0.259 e. The zero-order valence-corrected chi connectivity index (χ0v) is 28.6. The van der Waals surface area contributed by atoms with E-state index < -0.39 is 12.0 Å². The van der Waals surface area contributed by atoms with Gasteiger partial charge in [-0.3, -0.25) is 14.4 Å². The van der Waals surface area contributed by atoms with Gasteiger partial charge in [0.1, 0.15) is 5.75 Å². The van der Waals surface area contributed by atoms with Crippen molar-refractivity contribution in [1.82, 2.24) is 14.4 Å². The van der Waals surface area contributed by atoms with E-state index in [0.717, 1.165) is 28.8 Å². The lowest BCUT2D eigenvalue weighted by atomic mass is 9.92. The number of amides is 3. The number of aliphatic hydroxyl groups excluding tert-OH is 1. The van der Waals surface area contributed by atoms with Crippen molar-refractivity contribution in [3.8, 4) is 17.0 Å². The van der Waals surface area contributed by atoms with Gasteiger partial charge in [-0.15, -0.1) is 0 Å². The van der Waals surface area contributed by atoms with Crippen LogP contribution in [0.3, 0.4) is 0 Å². The number of rotatable bonds is 6. The summed E-state index contributed by atoms with van der Waals surface area (Å²) in [5, 5.41) is 20.7. The summed E-state index contributed by atoms with van der Waals surface area (Å²) in [6, 6.07) is 29.2. The summed E-state index contributed by atoms with van der Waals surface area (Å²) in [5.41, 5.74) is 8.35. The number of aliphatic hydroxyl groups is 1. The van der Waals surface area contributed by atoms with Crippen molar-refractivity contribution in [2.45, 2.75) is 52.0 Å². The number of fused-ring (bicyclic) bond motifs is 2. The van der Waals surface area contributed by atoms with Crippen LogP contribution in [0.4, 0.5) is 5.69 Å². The predicted octanol–water partition coefficient (Wildman–Crippen LogP) is 6.15. The summed E-state index contributed by atoms with van der Waals surface area (Å²) in [6.45, 7) is 4.98. The van der Waals surface area contributed by atoms with Crippen molar-refractivity contribution in [2.24, 2.45) is 7.05 Å². The number of benzene rings is 4. The fourth-order valence-electron chi connectivity index (χ4n) is 7.20. The van der Waals surface area contributed by atoms with E-state index >= 15 is 0 Å². The fourth-order valence-corrected chi connectivity index (χ4v) is 7.20. The number of aromatic nitrogens is 1. The standard InChI is InChI=1S/C41H40N4O5/c1-25-18-28-12-8-9-13-29(28)24-45(25)40(49)36-20-31-23-44(41(50)38(47)27-10-6-5-7-11-27)22-30(31)19-35(36)37-21-34(26(2)42(37)3)39(48)43(4)32-14-16-33(46)17-15-32/h5-17,19-21,25,38,46-47H,18,22-24H2,1-4H3/t25-,38?/m1/s1. The summed E-state index contributed by atoms with van der Waals surface area (Å²) in [4.78, 5) is 47.1. The van der Waals surface area contributed by atoms with Crippen LogP contribution < -0.4 is 4.90 Å². The summed E-state index contributed by atoms with van der Waals surface area (Å²) in [7, 11) is 3.57. The number of carbonyl (C=O) groups is 3. The molecule has 0 saturated carbocycles. The van der Waals surface area contributed by atoms with Gasteiger partial charge in [0.2, 0.25) is 0 Å². The number of carbonyl (C=O) groups excluding carboxylic acids is 3. The Morgan fingerprint density at radius 3 is 2.14 bits per heavy atom. The van der Waals surface area contributed by atoms with Crippen molar-refractivity contribution in [3.63, 3.8) is 0 Å². The fraction of sp³-hybridized carbons (Fsp3) is 0.244. The van der Waals surface area contributed by atoms with Crippen LogP contribution in [0.15, 0.2) is 97.1 Å². The van der Waals surface area contributed by atoms with E-state index in [1.54, 1.807) is 48.3 Å². The molecule has 1 aromatic heterocycles. The average molecular weight is 669 g/mol. The molecule has 3 amide bonds. The van der Waals surface area contributed by atoms with Crippen LogP contribution in [-0.4, -0.2) is 55.4 Å². The predicted molar refractivity (Wildman–Crippen MR) is 192 cm³/mol. The van der Waals surface area contributed by atoms with E-state index in [9.17, 15) is 24.6 Å². The minimum Gasteiger partial charge on any atom is -0.508 e. The van der Waals surface area contributed by atoms with Crippen LogP contribution in [0, 0.1) is 6.92 Å². The van der Waals surface area contributed by atoms with Crippen LogP contribution in [0.1, 0.15) is 67.3 Å². The van der Waals surface area contributed by atoms with Gasteiger partial charge in [0.15, 0.2) is 6.10 Å². The first-order chi connectivity index (χ1) is 24.0. The lowest BCUT2D eigenvalue weighted by Gasteiger charge is -2.35. The molecule has 0 aliphatic carbocycles. The number of phenols is 1. The molecule has 254 valence electrons. The van der Waals surface area contributed by atoms with Gasteiger partial charge in [-0.05, 0) is 90.6 Å². The maximum Gasteiger partial charge on any atom is 0.259 e. The Hall–Kier alpha value is -5.67. The first kappa shape index (κ1) is 32.9. The third kappa shape index (κ3) is 5.83. The summed E-state index contributed by atoms with van der Waals surface area (Å²) in [6.07, 6.45) is -0.553. The molecule has 4 aromatic carbocycles. The maximum absolute atomic E-state index is 14.7. The molecule has 2 atom stereocenters. The molecular weight excluding hydrogens is 628 g/mol. The zero-order valence-electron chi connectivity index (χ0n) is 28.6. The Morgan fingerprint density at radius 1 is 0.800 bits per heavy atom. The number of hydrogen-bond acceptors (Lipinski definition) is 5. The van der Waals surface area contributed by atoms with E-state index in [-0.39, 0.29) is 36.7 Å². The van der Waals surface area contributed by atoms with Crippen molar-refractivity contribution in [3.05, 3.63) is 142 Å². The second-order valence-corrected chi connectivity index (χ2v) is 13.4. The van der Waals surface area contributed by atoms with Crippen LogP contribution >= 0.6 is 0 Å². The molecule has 1 unspecified atom stereocenters. The number of phenolic OH excluding ortho intramolecular Hbond substituents is 1. The van der Waals surface area contributed by atoms with Crippen molar-refractivity contribution in [1.29, 1.82) is 0 Å². The molecule has 3 heterocycles. The molecule has 0 radical (unpaired) electrons. The minimum atomic E-state index is -1.30. The van der Waals surface area contributed by atoms with E-state index in [2.05, 4.69) is 19.1 Å². The topological polar surface area (TPSA) is 106 Å². The largest absolute Gasteiger partial charge is 0.508 e. The lowest BCUT2D eigenvalue weighted by molar-refractivity contribution is -0.141. The van der Waals surface area contributed by atoms with Gasteiger partial charge in [0.05, 0.1) is 5.56 Å². The lowest BCUT2D eigenvalue weighted by Crippen LogP contribution is -2.42. The average Bonchev–Trinajstić information content (AvgIpc) is 3.69. The third-order valence-electron chi connectivity index (χ3n) is 10.3. The molecular formula is C41H40N4O5. The molecule has 2 aliphatic rings. The molecule has 5 aromatic rings. The number of hydrogen-bond donors (Lipinski definition) is 2. The quantitative estimate of drug-likeness (QED) is 0.226. The molecule has 0 fully saturated rings. The Kier molecular flexibility index (Phi) is 8.53. The first-order valence-electron chi connectivity index (χ1n) is 16.8. The number of nitrogens with zero attached hydrogens (tertiary/aromatic N) is 4. The van der Waals surface area contributed by atoms with E-state index in [0.29, 0.717) is 40.2 Å². The highest BCUT2D eigenvalue weighted by atomic mass is 16.3. The number of aromatic hydroxyl groups is 1. The van der Waals surface area contributed by atoms with Crippen molar-refractivity contribution >= 4 is 23.4 Å². The van der Waals surface area contributed by atoms with Crippen molar-refractivity contribution < 1.29 is 24.6 Å². The van der Waals surface area contributed by atoms with Gasteiger partial charge in [-0.25, -0.2) is 0 Å². The third-order valence-corrected chi connectivity index (χ3v) is 10.3. The molecule has 7 rings (SSSR count). The Bertz CT molecular complexity index is 2120. The summed E-state index contributed by atoms with van der Waals surface area (Å²) < 4.78 is 1.93. The van der Waals surface area contributed by atoms with Gasteiger partial charge in [-0.1, -0.05) is 54.6 Å². The normalized spacial score (nSPS) is 15.7. The second-order valence-electron chi connectivity index (χ2n) is 13.4. The van der Waals surface area contributed by atoms with Gasteiger partial charge in [0.25, 0.3) is 17.7 Å². The monoisotopic (exact) mass is 668 g/mol. The Morgan fingerprint density at radius 2 is 1.44 bits per heavy atom. The zero-order chi connectivity index (χ0) is 35.3. The molecule has 0 saturated heterocycles. The summed E-state index contributed by atoms with van der Waals surface area (Å²) >= 11 is 0. The molecule has 2 N–H and O–H groups in total. The van der Waals surface area contributed by atoms with Crippen molar-refractivity contribution in [2.75, 3.05) is 11.9 Å². The highest BCUT2D eigenvalue weighted by Crippen LogP contribution is 2.37. The molecule has 9 nitrogen and oxygen atoms in total. The molecule has 9 heteroatoms. The summed E-state index contributed by atoms with van der Waals surface area (Å²) in [5.74, 6) is -0.630. The molecule has 50 heavy (non-hydrogen) atoms. The first-order valence-corrected chi connectivity index (χ1v) is 16.8. The Balaban J connectivity index is 1.28. The van der Waals surface area contributed by atoms with Gasteiger partial charge >= 0.3 is 0 Å². The van der Waals surface area contributed by atoms with E-state index in [1.165, 1.54) is 22.6 Å². The number of anilines is 1. The van der Waals surface area contributed by atoms with Gasteiger partial charge < -0.3 is 29.5 Å². The van der Waals surface area contributed by atoms with E-state index in [1.807, 2.05) is 59.8 Å². The highest BCUT2D eigenvalue weighted by molar-refractivity contribution is 6.08. The van der Waals surface area contributed by atoms with Crippen LogP contribution in [-0.2, 0) is 37.9 Å². The van der Waals surface area contributed by atoms with Crippen LogP contribution in [0.25, 0.3) is 11.3 Å². The molecule has 0 spiro atoms. The second kappa shape index (κ2) is 13.0. The maximum atomic E-state index is 14.7. The van der Waals surface area contributed by atoms with Gasteiger partial charge in [0, 0.05) is 68.0 Å². The Labute approximate surface area is 291 Å². The van der Waals surface area contributed by atoms with Crippen LogP contribution in [0.2, 0.25) is 0 Å². The van der Waals surface area contributed by atoms with E-state index in [4.69, 9.17) is 0 Å². The molecule has 2 aliphatic heterocycles. The minimum absolute atomic E-state index is 0.0381. The van der Waals surface area contributed by atoms with Gasteiger partial charge in [-0.2, -0.15) is 0 Å². The SMILES string of the molecule is Cc1c(C(=O)N(C)c2ccc(O)cc2)cc(-c2cc3c(cc2C(=O)N2Cc4ccccc4C[C@H]2C)CN(C(=O)C(O)c2ccccc2)C3)n1C.